The van der Waals surface area contributed by atoms with Gasteiger partial charge in [0.05, 0.1) is 19.3 Å². The number of anilines is 1. The Bertz CT molecular complexity index is 521. The van der Waals surface area contributed by atoms with Crippen LogP contribution in [0.15, 0.2) is 24.3 Å². The Balaban J connectivity index is 2.18. The molecule has 114 valence electrons. The summed E-state index contributed by atoms with van der Waals surface area (Å²) in [7, 11) is 1.36. The molecular weight excluding hydrogens is 288 g/mol. The zero-order valence-corrected chi connectivity index (χ0v) is 13.1. The third-order valence-corrected chi connectivity index (χ3v) is 3.65. The van der Waals surface area contributed by atoms with Gasteiger partial charge in [-0.15, -0.1) is 0 Å². The maximum atomic E-state index is 11.8. The topological polar surface area (TPSA) is 50.8 Å². The lowest BCUT2D eigenvalue weighted by molar-refractivity contribution is -0.148. The van der Waals surface area contributed by atoms with E-state index in [0.29, 0.717) is 17.4 Å². The van der Waals surface area contributed by atoms with Crippen LogP contribution in [0.2, 0.25) is 0 Å². The zero-order chi connectivity index (χ0) is 15.2. The first-order chi connectivity index (χ1) is 10.2. The molecule has 1 heterocycles. The second kappa shape index (κ2) is 7.26. The van der Waals surface area contributed by atoms with E-state index < -0.39 is 12.1 Å². The molecule has 21 heavy (non-hydrogen) atoms. The standard InChI is InChI=1S/C15H20N2O3S/c1-3-4-9-16-15(21)17-10-13(14(18)19-2)20-12-8-6-5-7-11(12)17/h5-8,13H,3-4,9-10H2,1-2H3,(H,16,21)/t13-/m0/s1. The van der Waals surface area contributed by atoms with Crippen molar-refractivity contribution in [2.45, 2.75) is 25.9 Å². The monoisotopic (exact) mass is 308 g/mol. The molecule has 0 unspecified atom stereocenters. The fraction of sp³-hybridized carbons (Fsp3) is 0.467. The van der Waals surface area contributed by atoms with Crippen LogP contribution >= 0.6 is 12.2 Å². The Hall–Kier alpha value is -1.82. The van der Waals surface area contributed by atoms with Crippen molar-refractivity contribution >= 4 is 29.0 Å². The summed E-state index contributed by atoms with van der Waals surface area (Å²) in [4.78, 5) is 13.7. The molecule has 0 spiro atoms. The van der Waals surface area contributed by atoms with Crippen LogP contribution in [0.1, 0.15) is 19.8 Å². The van der Waals surface area contributed by atoms with Gasteiger partial charge >= 0.3 is 5.97 Å². The fourth-order valence-corrected chi connectivity index (χ4v) is 2.42. The van der Waals surface area contributed by atoms with Crippen LogP contribution < -0.4 is 15.0 Å². The van der Waals surface area contributed by atoms with Crippen LogP contribution in [0.3, 0.4) is 0 Å². The molecule has 0 aliphatic carbocycles. The molecule has 1 N–H and O–H groups in total. The van der Waals surface area contributed by atoms with Gasteiger partial charge in [-0.25, -0.2) is 4.79 Å². The molecule has 0 amide bonds. The number of hydrogen-bond donors (Lipinski definition) is 1. The molecule has 0 bridgehead atoms. The molecule has 0 aromatic heterocycles. The van der Waals surface area contributed by atoms with Crippen molar-refractivity contribution in [1.82, 2.24) is 5.32 Å². The van der Waals surface area contributed by atoms with Gasteiger partial charge in [-0.2, -0.15) is 0 Å². The van der Waals surface area contributed by atoms with Gasteiger partial charge < -0.3 is 19.7 Å². The number of benzene rings is 1. The van der Waals surface area contributed by atoms with E-state index in [4.69, 9.17) is 21.7 Å². The number of nitrogens with zero attached hydrogens (tertiary/aromatic N) is 1. The van der Waals surface area contributed by atoms with Crippen molar-refractivity contribution in [1.29, 1.82) is 0 Å². The fourth-order valence-electron chi connectivity index (χ4n) is 2.15. The van der Waals surface area contributed by atoms with E-state index in [0.717, 1.165) is 25.1 Å². The molecule has 0 fully saturated rings. The SMILES string of the molecule is CCCCNC(=S)N1C[C@@H](C(=O)OC)Oc2ccccc21. The summed E-state index contributed by atoms with van der Waals surface area (Å²) in [5.74, 6) is 0.240. The molecule has 1 aliphatic heterocycles. The first kappa shape index (κ1) is 15.6. The van der Waals surface area contributed by atoms with Crippen molar-refractivity contribution in [3.8, 4) is 5.75 Å². The summed E-state index contributed by atoms with van der Waals surface area (Å²) in [5.41, 5.74) is 0.867. The molecule has 6 heteroatoms. The Kier molecular flexibility index (Phi) is 5.38. The highest BCUT2D eigenvalue weighted by atomic mass is 32.1. The average molecular weight is 308 g/mol. The molecule has 0 radical (unpaired) electrons. The predicted octanol–water partition coefficient (Wildman–Crippen LogP) is 2.10. The Labute approximate surface area is 130 Å². The van der Waals surface area contributed by atoms with Crippen LogP contribution in [0.25, 0.3) is 0 Å². The van der Waals surface area contributed by atoms with Crippen molar-refractivity contribution in [2.24, 2.45) is 0 Å². The van der Waals surface area contributed by atoms with Crippen molar-refractivity contribution in [3.63, 3.8) is 0 Å². The number of hydrogen-bond acceptors (Lipinski definition) is 4. The van der Waals surface area contributed by atoms with Crippen molar-refractivity contribution < 1.29 is 14.3 Å². The molecule has 2 rings (SSSR count). The number of methoxy groups -OCH3 is 1. The number of nitrogens with one attached hydrogen (secondary N) is 1. The first-order valence-corrected chi connectivity index (χ1v) is 7.47. The summed E-state index contributed by atoms with van der Waals surface area (Å²) in [6.07, 6.45) is 1.47. The van der Waals surface area contributed by atoms with Gasteiger partial charge in [-0.05, 0) is 30.8 Å². The lowest BCUT2D eigenvalue weighted by Crippen LogP contribution is -2.50. The minimum Gasteiger partial charge on any atom is -0.475 e. The minimum absolute atomic E-state index is 0.349. The Morgan fingerprint density at radius 2 is 2.29 bits per heavy atom. The molecule has 1 aromatic carbocycles. The number of esters is 1. The lowest BCUT2D eigenvalue weighted by Gasteiger charge is -2.35. The summed E-state index contributed by atoms with van der Waals surface area (Å²) < 4.78 is 10.5. The van der Waals surface area contributed by atoms with E-state index in [1.807, 2.05) is 29.2 Å². The van der Waals surface area contributed by atoms with Crippen LogP contribution in [0.4, 0.5) is 5.69 Å². The van der Waals surface area contributed by atoms with Crippen molar-refractivity contribution in [3.05, 3.63) is 24.3 Å². The van der Waals surface area contributed by atoms with Crippen LogP contribution in [0, 0.1) is 0 Å². The van der Waals surface area contributed by atoms with E-state index in [2.05, 4.69) is 12.2 Å². The minimum atomic E-state index is -0.671. The maximum Gasteiger partial charge on any atom is 0.348 e. The highest BCUT2D eigenvalue weighted by Gasteiger charge is 2.32. The Morgan fingerprint density at radius 1 is 1.52 bits per heavy atom. The summed E-state index contributed by atoms with van der Waals surface area (Å²) >= 11 is 5.45. The van der Waals surface area contributed by atoms with Crippen molar-refractivity contribution in [2.75, 3.05) is 25.1 Å². The Morgan fingerprint density at radius 3 is 3.00 bits per heavy atom. The average Bonchev–Trinajstić information content (AvgIpc) is 2.53. The largest absolute Gasteiger partial charge is 0.475 e. The molecule has 1 atom stereocenters. The maximum absolute atomic E-state index is 11.8. The van der Waals surface area contributed by atoms with E-state index in [9.17, 15) is 4.79 Å². The molecule has 0 saturated heterocycles. The van der Waals surface area contributed by atoms with E-state index in [1.54, 1.807) is 0 Å². The number of carbonyl (C=O) groups excluding carboxylic acids is 1. The molecule has 1 aliphatic rings. The summed E-state index contributed by atoms with van der Waals surface area (Å²) in [6.45, 7) is 3.29. The smallest absolute Gasteiger partial charge is 0.348 e. The predicted molar refractivity (Wildman–Crippen MR) is 85.7 cm³/mol. The molecular formula is C15H20N2O3S. The lowest BCUT2D eigenvalue weighted by atomic mass is 10.2. The third kappa shape index (κ3) is 3.64. The van der Waals surface area contributed by atoms with Gasteiger partial charge in [0.25, 0.3) is 0 Å². The molecule has 0 saturated carbocycles. The quantitative estimate of drug-likeness (QED) is 0.522. The van der Waals surface area contributed by atoms with E-state index in [1.165, 1.54) is 7.11 Å². The van der Waals surface area contributed by atoms with E-state index >= 15 is 0 Å². The van der Waals surface area contributed by atoms with Gasteiger partial charge in [-0.1, -0.05) is 25.5 Å². The molecule has 5 nitrogen and oxygen atoms in total. The number of ether oxygens (including phenoxy) is 2. The number of unbranched alkanes of at least 4 members (excludes halogenated alkanes) is 1. The van der Waals surface area contributed by atoms with Gasteiger partial charge in [0.2, 0.25) is 6.10 Å². The normalized spacial score (nSPS) is 16.7. The van der Waals surface area contributed by atoms with Crippen LogP contribution in [-0.2, 0) is 9.53 Å². The summed E-state index contributed by atoms with van der Waals surface area (Å²) in [6, 6.07) is 7.54. The first-order valence-electron chi connectivity index (χ1n) is 7.06. The van der Waals surface area contributed by atoms with Crippen LogP contribution in [-0.4, -0.2) is 37.4 Å². The number of para-hydroxylation sites is 2. The van der Waals surface area contributed by atoms with Crippen LogP contribution in [0.5, 0.6) is 5.75 Å². The van der Waals surface area contributed by atoms with E-state index in [-0.39, 0.29) is 0 Å². The number of fused-ring (bicyclic) bond motifs is 1. The van der Waals surface area contributed by atoms with Gasteiger partial charge in [0.15, 0.2) is 5.11 Å². The van der Waals surface area contributed by atoms with Gasteiger partial charge in [0, 0.05) is 6.54 Å². The summed E-state index contributed by atoms with van der Waals surface area (Å²) in [5, 5.41) is 3.83. The van der Waals surface area contributed by atoms with Gasteiger partial charge in [-0.3, -0.25) is 0 Å². The number of rotatable bonds is 4. The van der Waals surface area contributed by atoms with Gasteiger partial charge in [0.1, 0.15) is 5.75 Å². The number of carbonyl (C=O) groups is 1. The second-order valence-corrected chi connectivity index (χ2v) is 5.18. The molecule has 1 aromatic rings. The highest BCUT2D eigenvalue weighted by molar-refractivity contribution is 7.80. The highest BCUT2D eigenvalue weighted by Crippen LogP contribution is 2.33. The zero-order valence-electron chi connectivity index (χ0n) is 12.3. The number of thiocarbonyl (C=S) groups is 1. The second-order valence-electron chi connectivity index (χ2n) is 4.79. The third-order valence-electron chi connectivity index (χ3n) is 3.29.